The van der Waals surface area contributed by atoms with Crippen LogP contribution in [0.15, 0.2) is 61.0 Å². The summed E-state index contributed by atoms with van der Waals surface area (Å²) in [6.07, 6.45) is 5.22. The monoisotopic (exact) mass is 491 g/mol. The molecule has 0 amide bonds. The fraction of sp³-hybridized carbons (Fsp3) is 0.429. The molecule has 0 spiro atoms. The summed E-state index contributed by atoms with van der Waals surface area (Å²) in [4.78, 5) is 28.7. The summed E-state index contributed by atoms with van der Waals surface area (Å²) in [6.45, 7) is 6.24. The number of halogens is 1. The predicted octanol–water partition coefficient (Wildman–Crippen LogP) is 4.16. The topological polar surface area (TPSA) is 71.3 Å². The molecule has 0 unspecified atom stereocenters. The Kier molecular flexibility index (Phi) is 6.23. The van der Waals surface area contributed by atoms with E-state index in [1.807, 2.05) is 0 Å². The van der Waals surface area contributed by atoms with E-state index in [2.05, 4.69) is 34.1 Å². The third-order valence-corrected chi connectivity index (χ3v) is 7.82. The molecule has 7 nitrogen and oxygen atoms in total. The first kappa shape index (κ1) is 23.2. The molecule has 4 aromatic rings. The van der Waals surface area contributed by atoms with Gasteiger partial charge in [-0.05, 0) is 93.5 Å². The molecule has 2 aromatic carbocycles. The molecule has 2 aromatic heterocycles. The summed E-state index contributed by atoms with van der Waals surface area (Å²) >= 11 is 0. The second-order valence-corrected chi connectivity index (χ2v) is 10.1. The van der Waals surface area contributed by atoms with Gasteiger partial charge in [-0.1, -0.05) is 24.3 Å². The summed E-state index contributed by atoms with van der Waals surface area (Å²) in [5, 5.41) is 0.633. The molecule has 8 heteroatoms. The first-order valence-corrected chi connectivity index (χ1v) is 12.9. The Morgan fingerprint density at radius 3 is 2.44 bits per heavy atom. The summed E-state index contributed by atoms with van der Waals surface area (Å²) in [7, 11) is 0. The van der Waals surface area contributed by atoms with Crippen LogP contribution in [-0.4, -0.2) is 47.1 Å². The second-order valence-electron chi connectivity index (χ2n) is 10.1. The van der Waals surface area contributed by atoms with Crippen LogP contribution < -0.4 is 11.3 Å². The maximum absolute atomic E-state index is 14.1. The van der Waals surface area contributed by atoms with Crippen LogP contribution in [0.1, 0.15) is 48.3 Å². The van der Waals surface area contributed by atoms with E-state index in [0.717, 1.165) is 70.5 Å². The summed E-state index contributed by atoms with van der Waals surface area (Å²) in [5.74, 6) is -0.279. The van der Waals surface area contributed by atoms with Crippen LogP contribution in [0, 0.1) is 5.82 Å². The molecule has 0 atom stereocenters. The van der Waals surface area contributed by atoms with Crippen LogP contribution in [0.5, 0.6) is 0 Å². The minimum Gasteiger partial charge on any atom is -0.397 e. The van der Waals surface area contributed by atoms with Crippen molar-refractivity contribution >= 4 is 16.6 Å². The highest BCUT2D eigenvalue weighted by molar-refractivity contribution is 5.90. The van der Waals surface area contributed by atoms with E-state index >= 15 is 0 Å². The van der Waals surface area contributed by atoms with Gasteiger partial charge in [0.25, 0.3) is 0 Å². The SMILES string of the molecule is O=c1oc2c(C3CCN(CCCCN4CCc5ccccc5C4)CC3)c3cc(F)ccc3n2oc1=O. The molecule has 1 saturated heterocycles. The van der Waals surface area contributed by atoms with Crippen molar-refractivity contribution in [3.63, 3.8) is 0 Å². The van der Waals surface area contributed by atoms with Gasteiger partial charge in [0.1, 0.15) is 5.82 Å². The molecule has 1 fully saturated rings. The lowest BCUT2D eigenvalue weighted by atomic mass is 9.89. The Balaban J connectivity index is 1.08. The van der Waals surface area contributed by atoms with Crippen LogP contribution in [0.25, 0.3) is 16.6 Å². The normalized spacial score (nSPS) is 17.7. The minimum atomic E-state index is -1.07. The van der Waals surface area contributed by atoms with Gasteiger partial charge in [-0.2, -0.15) is 0 Å². The Bertz CT molecular complexity index is 1510. The van der Waals surface area contributed by atoms with Gasteiger partial charge >= 0.3 is 11.3 Å². The van der Waals surface area contributed by atoms with Gasteiger partial charge in [0.05, 0.1) is 5.52 Å². The molecule has 0 bridgehead atoms. The van der Waals surface area contributed by atoms with Crippen molar-refractivity contribution < 1.29 is 13.3 Å². The molecule has 6 rings (SSSR count). The highest BCUT2D eigenvalue weighted by Gasteiger charge is 2.28. The maximum Gasteiger partial charge on any atom is 0.442 e. The number of piperidine rings is 1. The highest BCUT2D eigenvalue weighted by Crippen LogP contribution is 2.37. The van der Waals surface area contributed by atoms with E-state index in [1.165, 1.54) is 34.3 Å². The van der Waals surface area contributed by atoms with E-state index in [9.17, 15) is 14.0 Å². The van der Waals surface area contributed by atoms with E-state index in [-0.39, 0.29) is 17.4 Å². The van der Waals surface area contributed by atoms with Crippen LogP contribution >= 0.6 is 0 Å². The van der Waals surface area contributed by atoms with E-state index in [0.29, 0.717) is 10.9 Å². The van der Waals surface area contributed by atoms with E-state index in [4.69, 9.17) is 8.94 Å². The first-order chi connectivity index (χ1) is 17.6. The molecule has 4 heterocycles. The van der Waals surface area contributed by atoms with Gasteiger partial charge < -0.3 is 13.8 Å². The molecule has 0 saturated carbocycles. The van der Waals surface area contributed by atoms with Crippen molar-refractivity contribution in [3.05, 3.63) is 85.8 Å². The van der Waals surface area contributed by atoms with Crippen molar-refractivity contribution in [2.45, 2.75) is 44.6 Å². The van der Waals surface area contributed by atoms with Gasteiger partial charge in [0, 0.05) is 24.0 Å². The van der Waals surface area contributed by atoms with E-state index in [1.54, 1.807) is 6.07 Å². The van der Waals surface area contributed by atoms with Gasteiger partial charge in [0.2, 0.25) is 5.71 Å². The molecular formula is C28H30FN3O4. The number of unbranched alkanes of at least 4 members (excludes halogenated alkanes) is 1. The lowest BCUT2D eigenvalue weighted by molar-refractivity contribution is 0.198. The zero-order valence-electron chi connectivity index (χ0n) is 20.2. The Hall–Kier alpha value is -3.23. The largest absolute Gasteiger partial charge is 0.442 e. The van der Waals surface area contributed by atoms with Gasteiger partial charge in [-0.3, -0.25) is 4.90 Å². The second kappa shape index (κ2) is 9.67. The number of likely N-dealkylation sites (tertiary alicyclic amines) is 1. The molecule has 2 aliphatic heterocycles. The zero-order chi connectivity index (χ0) is 24.6. The van der Waals surface area contributed by atoms with Crippen LogP contribution in [0.2, 0.25) is 0 Å². The highest BCUT2D eigenvalue weighted by atomic mass is 19.1. The predicted molar refractivity (Wildman–Crippen MR) is 135 cm³/mol. The molecule has 36 heavy (non-hydrogen) atoms. The average molecular weight is 492 g/mol. The lowest BCUT2D eigenvalue weighted by Crippen LogP contribution is -2.35. The van der Waals surface area contributed by atoms with Crippen LogP contribution in [-0.2, 0) is 13.0 Å². The van der Waals surface area contributed by atoms with E-state index < -0.39 is 11.3 Å². The molecule has 188 valence electrons. The fourth-order valence-electron chi connectivity index (χ4n) is 5.93. The molecule has 0 aliphatic carbocycles. The number of nitrogens with zero attached hydrogens (tertiary/aromatic N) is 3. The third kappa shape index (κ3) is 4.40. The van der Waals surface area contributed by atoms with Crippen molar-refractivity contribution in [3.8, 4) is 0 Å². The maximum atomic E-state index is 14.1. The Morgan fingerprint density at radius 2 is 1.64 bits per heavy atom. The van der Waals surface area contributed by atoms with Gasteiger partial charge in [0.15, 0.2) is 0 Å². The number of rotatable bonds is 6. The van der Waals surface area contributed by atoms with Gasteiger partial charge in [-0.15, -0.1) is 4.57 Å². The van der Waals surface area contributed by atoms with Crippen molar-refractivity contribution in [1.82, 2.24) is 14.4 Å². The molecular weight excluding hydrogens is 461 g/mol. The number of fused-ring (bicyclic) bond motifs is 4. The Labute approximate surface area is 207 Å². The Morgan fingerprint density at radius 1 is 0.889 bits per heavy atom. The van der Waals surface area contributed by atoms with Crippen LogP contribution in [0.3, 0.4) is 0 Å². The first-order valence-electron chi connectivity index (χ1n) is 12.9. The summed E-state index contributed by atoms with van der Waals surface area (Å²) in [6, 6.07) is 13.1. The number of hydrogen-bond donors (Lipinski definition) is 0. The number of aromatic nitrogens is 1. The number of benzene rings is 2. The average Bonchev–Trinajstić information content (AvgIpc) is 3.19. The van der Waals surface area contributed by atoms with Crippen molar-refractivity contribution in [1.29, 1.82) is 0 Å². The smallest absolute Gasteiger partial charge is 0.397 e. The fourth-order valence-corrected chi connectivity index (χ4v) is 5.93. The quantitative estimate of drug-likeness (QED) is 0.298. The molecule has 2 aliphatic rings. The van der Waals surface area contributed by atoms with Crippen LogP contribution in [0.4, 0.5) is 4.39 Å². The standard InChI is InChI=1S/C28H30FN3O4/c29-22-7-8-24-23(17-22)25(26-32(24)36-28(34)27(33)35-26)20-10-14-30(15-11-20)12-3-4-13-31-16-9-19-5-1-2-6-21(19)18-31/h1-2,5-8,17,20H,3-4,9-16,18H2. The van der Waals surface area contributed by atoms with Gasteiger partial charge in [-0.25, -0.2) is 14.0 Å². The third-order valence-electron chi connectivity index (χ3n) is 7.82. The summed E-state index contributed by atoms with van der Waals surface area (Å²) < 4.78 is 25.9. The lowest BCUT2D eigenvalue weighted by Gasteiger charge is -2.32. The van der Waals surface area contributed by atoms with Crippen molar-refractivity contribution in [2.75, 3.05) is 32.7 Å². The molecule has 0 N–H and O–H groups in total. The molecule has 0 radical (unpaired) electrons. The zero-order valence-corrected chi connectivity index (χ0v) is 20.2. The number of hydrogen-bond acceptors (Lipinski definition) is 6. The summed E-state index contributed by atoms with van der Waals surface area (Å²) in [5.41, 5.74) is 2.35. The van der Waals surface area contributed by atoms with Crippen molar-refractivity contribution in [2.24, 2.45) is 0 Å². The minimum absolute atomic E-state index is 0.0971.